The Hall–Kier alpha value is -3.32. The third-order valence-electron chi connectivity index (χ3n) is 7.21. The number of anilines is 1. The number of rotatable bonds is 9. The minimum atomic E-state index is -3.60. The van der Waals surface area contributed by atoms with Crippen LogP contribution in [-0.4, -0.2) is 52.5 Å². The number of unbranched alkanes of at least 4 members (excludes halogenated alkanes) is 1. The first-order valence-electron chi connectivity index (χ1n) is 13.4. The van der Waals surface area contributed by atoms with E-state index in [-0.39, 0.29) is 16.6 Å². The molecule has 1 amide bonds. The molecule has 1 aliphatic rings. The summed E-state index contributed by atoms with van der Waals surface area (Å²) in [5, 5.41) is 0. The van der Waals surface area contributed by atoms with Crippen LogP contribution in [0.15, 0.2) is 71.6 Å². The topological polar surface area (TPSA) is 66.9 Å². The van der Waals surface area contributed by atoms with E-state index < -0.39 is 9.84 Å². The van der Waals surface area contributed by atoms with Gasteiger partial charge in [0.2, 0.25) is 0 Å². The Morgan fingerprint density at radius 1 is 0.921 bits per heavy atom. The number of benzene rings is 3. The van der Waals surface area contributed by atoms with Gasteiger partial charge in [0.25, 0.3) is 5.91 Å². The van der Waals surface area contributed by atoms with Crippen LogP contribution in [0.2, 0.25) is 0 Å². The molecule has 4 rings (SSSR count). The normalized spacial score (nSPS) is 14.3. The average molecular weight is 535 g/mol. The molecule has 1 aliphatic heterocycles. The van der Waals surface area contributed by atoms with Crippen molar-refractivity contribution in [2.24, 2.45) is 0 Å². The highest BCUT2D eigenvalue weighted by Crippen LogP contribution is 2.29. The molecule has 0 aromatic heterocycles. The number of aryl methyl sites for hydroxylation is 2. The van der Waals surface area contributed by atoms with Crippen molar-refractivity contribution in [3.63, 3.8) is 0 Å². The molecule has 1 heterocycles. The van der Waals surface area contributed by atoms with Crippen LogP contribution in [0.25, 0.3) is 0 Å². The minimum Gasteiger partial charge on any atom is -0.495 e. The van der Waals surface area contributed by atoms with E-state index in [4.69, 9.17) is 4.74 Å². The summed E-state index contributed by atoms with van der Waals surface area (Å²) >= 11 is 0. The Labute approximate surface area is 227 Å². The average Bonchev–Trinajstić information content (AvgIpc) is 3.18. The number of hydrogen-bond donors (Lipinski definition) is 0. The van der Waals surface area contributed by atoms with E-state index in [1.165, 1.54) is 5.56 Å². The number of hydrogen-bond acceptors (Lipinski definition) is 5. The van der Waals surface area contributed by atoms with E-state index in [1.807, 2.05) is 60.4 Å². The fraction of sp³-hybridized carbons (Fsp3) is 0.387. The fourth-order valence-electron chi connectivity index (χ4n) is 4.93. The zero-order valence-corrected chi connectivity index (χ0v) is 23.5. The number of nitrogens with zero attached hydrogens (tertiary/aromatic N) is 2. The summed E-state index contributed by atoms with van der Waals surface area (Å²) in [4.78, 5) is 17.9. The Morgan fingerprint density at radius 3 is 2.39 bits per heavy atom. The molecule has 3 aromatic carbocycles. The lowest BCUT2D eigenvalue weighted by molar-refractivity contribution is 0.0766. The van der Waals surface area contributed by atoms with Gasteiger partial charge in [-0.1, -0.05) is 55.8 Å². The Balaban J connectivity index is 1.48. The molecule has 0 atom stereocenters. The first kappa shape index (κ1) is 27.7. The van der Waals surface area contributed by atoms with Crippen molar-refractivity contribution >= 4 is 21.4 Å². The van der Waals surface area contributed by atoms with Crippen LogP contribution in [0.4, 0.5) is 5.69 Å². The van der Waals surface area contributed by atoms with Crippen LogP contribution in [0.5, 0.6) is 5.75 Å². The first-order valence-corrected chi connectivity index (χ1v) is 15.1. The number of carbonyl (C=O) groups excluding carboxylic acids is 1. The molecule has 0 unspecified atom stereocenters. The molecule has 0 spiro atoms. The lowest BCUT2D eigenvalue weighted by Gasteiger charge is -2.25. The number of ether oxygens (including phenoxy) is 1. The number of methoxy groups -OCH3 is 1. The predicted molar refractivity (Wildman–Crippen MR) is 153 cm³/mol. The smallest absolute Gasteiger partial charge is 0.254 e. The largest absolute Gasteiger partial charge is 0.495 e. The maximum Gasteiger partial charge on any atom is 0.254 e. The van der Waals surface area contributed by atoms with Gasteiger partial charge in [0.05, 0.1) is 23.4 Å². The minimum absolute atomic E-state index is 0.0880. The number of sulfone groups is 1. The molecular weight excluding hydrogens is 496 g/mol. The summed E-state index contributed by atoms with van der Waals surface area (Å²) in [5.74, 6) is 0.605. The van der Waals surface area contributed by atoms with E-state index >= 15 is 0 Å². The van der Waals surface area contributed by atoms with Crippen molar-refractivity contribution in [3.8, 4) is 5.75 Å². The lowest BCUT2D eigenvalue weighted by atomic mass is 10.1. The van der Waals surface area contributed by atoms with Crippen LogP contribution >= 0.6 is 0 Å². The molecule has 1 fully saturated rings. The van der Waals surface area contributed by atoms with Crippen LogP contribution in [-0.2, 0) is 22.0 Å². The van der Waals surface area contributed by atoms with Gasteiger partial charge in [0.1, 0.15) is 5.75 Å². The van der Waals surface area contributed by atoms with Crippen LogP contribution < -0.4 is 9.64 Å². The van der Waals surface area contributed by atoms with Gasteiger partial charge in [-0.3, -0.25) is 4.79 Å². The van der Waals surface area contributed by atoms with Crippen molar-refractivity contribution in [1.82, 2.24) is 4.90 Å². The second-order valence-corrected chi connectivity index (χ2v) is 12.0. The highest BCUT2D eigenvalue weighted by atomic mass is 32.2. The maximum atomic E-state index is 13.6. The molecule has 7 heteroatoms. The van der Waals surface area contributed by atoms with Gasteiger partial charge in [-0.15, -0.1) is 0 Å². The Morgan fingerprint density at radius 2 is 1.66 bits per heavy atom. The maximum absolute atomic E-state index is 13.6. The van der Waals surface area contributed by atoms with Gasteiger partial charge in [-0.25, -0.2) is 8.42 Å². The lowest BCUT2D eigenvalue weighted by Crippen LogP contribution is -2.35. The van der Waals surface area contributed by atoms with Gasteiger partial charge in [-0.05, 0) is 67.1 Å². The van der Waals surface area contributed by atoms with Crippen molar-refractivity contribution in [3.05, 3.63) is 89.0 Å². The summed E-state index contributed by atoms with van der Waals surface area (Å²) < 4.78 is 32.1. The molecule has 202 valence electrons. The monoisotopic (exact) mass is 534 g/mol. The number of amides is 1. The standard InChI is InChI=1S/C31H38N2O4S/c1-4-5-9-25-13-15-26(16-14-25)23-38(35,36)27-17-12-24(2)28(22-27)31(34)33-19-8-18-32(20-21-33)29-10-6-7-11-30(29)37-3/h6-7,10-17,22H,4-5,8-9,18-21,23H2,1-3H3. The van der Waals surface area contributed by atoms with Crippen molar-refractivity contribution in [1.29, 1.82) is 0 Å². The van der Waals surface area contributed by atoms with Gasteiger partial charge in [0, 0.05) is 31.7 Å². The Kier molecular flexibility index (Phi) is 9.10. The third-order valence-corrected chi connectivity index (χ3v) is 8.89. The molecule has 0 bridgehead atoms. The molecule has 6 nitrogen and oxygen atoms in total. The summed E-state index contributed by atoms with van der Waals surface area (Å²) in [6.45, 7) is 6.68. The van der Waals surface area contributed by atoms with Gasteiger partial charge >= 0.3 is 0 Å². The zero-order chi connectivity index (χ0) is 27.1. The quantitative estimate of drug-likeness (QED) is 0.354. The summed E-state index contributed by atoms with van der Waals surface area (Å²) in [7, 11) is -1.93. The zero-order valence-electron chi connectivity index (χ0n) is 22.7. The molecule has 0 radical (unpaired) electrons. The fourth-order valence-corrected chi connectivity index (χ4v) is 6.30. The molecule has 0 aliphatic carbocycles. The number of para-hydroxylation sites is 2. The highest BCUT2D eigenvalue weighted by Gasteiger charge is 2.25. The van der Waals surface area contributed by atoms with Gasteiger partial charge < -0.3 is 14.5 Å². The molecule has 0 N–H and O–H groups in total. The van der Waals surface area contributed by atoms with Gasteiger partial charge in [0.15, 0.2) is 9.84 Å². The molecule has 3 aromatic rings. The SMILES string of the molecule is CCCCc1ccc(CS(=O)(=O)c2ccc(C)c(C(=O)N3CCCN(c4ccccc4OC)CC3)c2)cc1. The molecule has 0 saturated carbocycles. The number of carbonyl (C=O) groups is 1. The summed E-state index contributed by atoms with van der Waals surface area (Å²) in [5.41, 5.74) is 4.22. The van der Waals surface area contributed by atoms with Crippen LogP contribution in [0, 0.1) is 6.92 Å². The second-order valence-electron chi connectivity index (χ2n) is 9.96. The molecular formula is C31H38N2O4S. The Bertz CT molecular complexity index is 1350. The van der Waals surface area contributed by atoms with E-state index in [2.05, 4.69) is 11.8 Å². The van der Waals surface area contributed by atoms with Crippen molar-refractivity contribution in [2.45, 2.75) is 50.2 Å². The van der Waals surface area contributed by atoms with Gasteiger partial charge in [-0.2, -0.15) is 0 Å². The van der Waals surface area contributed by atoms with E-state index in [1.54, 1.807) is 25.3 Å². The van der Waals surface area contributed by atoms with Crippen LogP contribution in [0.1, 0.15) is 53.2 Å². The van der Waals surface area contributed by atoms with Crippen molar-refractivity contribution in [2.75, 3.05) is 38.2 Å². The third kappa shape index (κ3) is 6.57. The van der Waals surface area contributed by atoms with E-state index in [0.29, 0.717) is 25.2 Å². The van der Waals surface area contributed by atoms with Crippen LogP contribution in [0.3, 0.4) is 0 Å². The first-order chi connectivity index (χ1) is 18.3. The predicted octanol–water partition coefficient (Wildman–Crippen LogP) is 5.67. The molecule has 1 saturated heterocycles. The highest BCUT2D eigenvalue weighted by molar-refractivity contribution is 7.90. The second kappa shape index (κ2) is 12.5. The van der Waals surface area contributed by atoms with E-state index in [9.17, 15) is 13.2 Å². The van der Waals surface area contributed by atoms with E-state index in [0.717, 1.165) is 54.8 Å². The van der Waals surface area contributed by atoms with Crippen molar-refractivity contribution < 1.29 is 17.9 Å². The summed E-state index contributed by atoms with van der Waals surface area (Å²) in [6, 6.07) is 20.6. The summed E-state index contributed by atoms with van der Waals surface area (Å²) in [6.07, 6.45) is 4.06. The molecule has 38 heavy (non-hydrogen) atoms.